The number of para-hydroxylation sites is 3. The lowest BCUT2D eigenvalue weighted by atomic mass is 10.0. The van der Waals surface area contributed by atoms with Gasteiger partial charge in [0.05, 0.1) is 120 Å². The van der Waals surface area contributed by atoms with E-state index in [1.165, 1.54) is 57.7 Å². The zero-order valence-electron chi connectivity index (χ0n) is 83.3. The third-order valence-electron chi connectivity index (χ3n) is 24.4. The number of benzene rings is 8. The zero-order chi connectivity index (χ0) is 103. The molecule has 762 valence electrons. The van der Waals surface area contributed by atoms with Crippen LogP contribution in [0.2, 0.25) is 15.1 Å². The van der Waals surface area contributed by atoms with E-state index >= 15 is 4.39 Å². The van der Waals surface area contributed by atoms with Gasteiger partial charge in [-0.1, -0.05) is 71.2 Å². The van der Waals surface area contributed by atoms with Crippen LogP contribution in [0.3, 0.4) is 0 Å². The minimum absolute atomic E-state index is 0.195. The number of anilines is 19. The molecule has 4 saturated heterocycles. The predicted molar refractivity (Wildman–Crippen MR) is 590 cm³/mol. The quantitative estimate of drug-likeness (QED) is 0.0187. The number of hydrogen-bond acceptors (Lipinski definition) is 33. The number of methoxy groups -OCH3 is 5. The molecule has 0 unspecified atom stereocenters. The Bertz CT molecular complexity index is 6820. The Hall–Kier alpha value is -11.1. The Labute approximate surface area is 860 Å². The predicted octanol–water partition coefficient (Wildman–Crippen LogP) is 20.9. The summed E-state index contributed by atoms with van der Waals surface area (Å²) in [5.41, 5.74) is 7.71. The second kappa shape index (κ2) is 48.7. The van der Waals surface area contributed by atoms with Crippen molar-refractivity contribution >= 4 is 220 Å². The summed E-state index contributed by atoms with van der Waals surface area (Å²) in [6, 6.07) is 48.1. The molecule has 33 nitrogen and oxygen atoms in total. The number of likely N-dealkylation sites (tertiary alicyclic amines) is 1. The molecule has 0 spiro atoms. The topological polar surface area (TPSA) is 367 Å². The van der Waals surface area contributed by atoms with E-state index in [4.69, 9.17) is 58.5 Å². The molecule has 4 aliphatic heterocycles. The second-order valence-electron chi connectivity index (χ2n) is 36.5. The standard InChI is InChI=1S/C28H35ClFN6O2P.C25H32ClN6O3P.C25H32ClN6O2P.C22H26BrN4O4PS/c1-38-25-17-24(36-14-10-19(11-15-36)35-12-6-7-13-35)21(30)16-23(25)33-28-31-18-20(29)27(34-28)32-22-8-4-5-9-26(22)39(2,3)37;1-31-10-12-32(13-11-31)17-6-8-21(22(14-17)34-2)29-25-27-16-19(26)24(30-25)28-20-9-7-18(36(4,5)33)15-23(20)35-3;1-31-12-7-13-32(15-14-31)18-10-11-20(22(16-18)34-2)29-25-27-17-19(26)24(30-25)28-21-8-5-6-9-23(21)35(3,4)33;1-14(2)33(29,30)20-9-7-6-8-18(20)25-21-16(23)13-24-22(27-21)26-17-11-10-15(32(4,5)28)12-19(17)31-3/h4-5,8-9,16-19H,6-7,10-15H2,1-3H3,(H2,31,32,33,34);6-9,14-16H,10-13H2,1-5H3,(H2,27,28,29,30);5-6,8-11,16-17H,7,12-15H2,1-4H3,(H2,27,28,29,30);6-14H,1-5H3,(H2,24,25,26,27). The van der Waals surface area contributed by atoms with Crippen LogP contribution in [-0.2, 0) is 28.1 Å². The minimum Gasteiger partial charge on any atom is -0.495 e. The van der Waals surface area contributed by atoms with Crippen LogP contribution in [0.15, 0.2) is 192 Å². The van der Waals surface area contributed by atoms with Gasteiger partial charge in [-0.25, -0.2) is 32.7 Å². The molecule has 8 heterocycles. The number of ether oxygens (including phenoxy) is 5. The van der Waals surface area contributed by atoms with Crippen molar-refractivity contribution in [1.29, 1.82) is 0 Å². The van der Waals surface area contributed by atoms with Gasteiger partial charge < -0.3 is 114 Å². The zero-order valence-corrected chi connectivity index (χ0v) is 91.6. The van der Waals surface area contributed by atoms with Crippen LogP contribution in [-0.4, -0.2) is 256 Å². The van der Waals surface area contributed by atoms with E-state index in [9.17, 15) is 26.7 Å². The first kappa shape index (κ1) is 109. The van der Waals surface area contributed by atoms with Crippen molar-refractivity contribution in [2.75, 3.05) is 239 Å². The fourth-order valence-corrected chi connectivity index (χ4v) is 22.4. The fourth-order valence-electron chi connectivity index (χ4n) is 16.4. The van der Waals surface area contributed by atoms with Gasteiger partial charge in [-0.2, -0.15) is 19.9 Å². The maximum Gasteiger partial charge on any atom is 0.229 e. The van der Waals surface area contributed by atoms with Crippen molar-refractivity contribution in [2.24, 2.45) is 0 Å². The number of halogens is 5. The van der Waals surface area contributed by atoms with Crippen molar-refractivity contribution in [3.63, 3.8) is 0 Å². The summed E-state index contributed by atoms with van der Waals surface area (Å²) in [6.45, 7) is 29.1. The van der Waals surface area contributed by atoms with Crippen molar-refractivity contribution in [2.45, 2.75) is 62.1 Å². The van der Waals surface area contributed by atoms with E-state index in [0.29, 0.717) is 140 Å². The van der Waals surface area contributed by atoms with Gasteiger partial charge in [0.2, 0.25) is 23.8 Å². The number of sulfone groups is 1. The van der Waals surface area contributed by atoms with Gasteiger partial charge in [0.15, 0.2) is 27.3 Å². The highest BCUT2D eigenvalue weighted by atomic mass is 79.9. The molecule has 143 heavy (non-hydrogen) atoms. The molecule has 16 rings (SSSR count). The van der Waals surface area contributed by atoms with Gasteiger partial charge in [0.25, 0.3) is 0 Å². The highest BCUT2D eigenvalue weighted by Gasteiger charge is 2.32. The average Bonchev–Trinajstić information content (AvgIpc) is 1.34. The largest absolute Gasteiger partial charge is 0.495 e. The first-order valence-corrected chi connectivity index (χ1v) is 60.4. The lowest BCUT2D eigenvalue weighted by molar-refractivity contribution is 0.207. The highest BCUT2D eigenvalue weighted by Crippen LogP contribution is 2.46. The van der Waals surface area contributed by atoms with Crippen LogP contribution >= 0.6 is 79.3 Å². The molecule has 0 aliphatic carbocycles. The Morgan fingerprint density at radius 1 is 0.385 bits per heavy atom. The third-order valence-corrected chi connectivity index (χ3v) is 34.2. The summed E-state index contributed by atoms with van der Waals surface area (Å²) in [4.78, 5) is 49.6. The lowest BCUT2D eigenvalue weighted by Gasteiger charge is -2.38. The number of rotatable bonds is 31. The maximum atomic E-state index is 15.4. The van der Waals surface area contributed by atoms with Crippen molar-refractivity contribution in [3.8, 4) is 28.7 Å². The van der Waals surface area contributed by atoms with E-state index in [0.717, 1.165) is 118 Å². The van der Waals surface area contributed by atoms with Crippen molar-refractivity contribution in [3.05, 3.63) is 208 Å². The molecular formula is C100H125BrCl3FN22O11P4S. The Balaban J connectivity index is 0.000000160. The van der Waals surface area contributed by atoms with E-state index in [2.05, 4.69) is 154 Å². The first-order chi connectivity index (χ1) is 68.1. The van der Waals surface area contributed by atoms with Crippen molar-refractivity contribution < 1.29 is 54.8 Å². The van der Waals surface area contributed by atoms with E-state index in [1.807, 2.05) is 78.9 Å². The maximum absolute atomic E-state index is 15.4. The lowest BCUT2D eigenvalue weighted by Crippen LogP contribution is -2.44. The highest BCUT2D eigenvalue weighted by molar-refractivity contribution is 9.10. The monoisotopic (exact) mass is 2170 g/mol. The number of nitrogens with zero attached hydrogens (tertiary/aromatic N) is 14. The number of nitrogens with one attached hydrogen (secondary N) is 8. The molecule has 4 aromatic heterocycles. The molecule has 12 aromatic rings. The molecule has 8 aromatic carbocycles. The van der Waals surface area contributed by atoms with Crippen LogP contribution in [0.4, 0.5) is 114 Å². The van der Waals surface area contributed by atoms with Gasteiger partial charge in [-0.05, 0) is 246 Å². The molecule has 0 saturated carbocycles. The number of piperidine rings is 1. The van der Waals surface area contributed by atoms with Crippen LogP contribution in [0, 0.1) is 5.82 Å². The Morgan fingerprint density at radius 3 is 1.18 bits per heavy atom. The van der Waals surface area contributed by atoms with E-state index in [1.54, 1.807) is 162 Å². The van der Waals surface area contributed by atoms with Crippen LogP contribution in [0.1, 0.15) is 46.0 Å². The third kappa shape index (κ3) is 29.0. The first-order valence-electron chi connectivity index (χ1n) is 46.5. The molecule has 0 amide bonds. The van der Waals surface area contributed by atoms with Crippen LogP contribution < -0.4 is 102 Å². The summed E-state index contributed by atoms with van der Waals surface area (Å²) >= 11 is 22.6. The van der Waals surface area contributed by atoms with Gasteiger partial charge >= 0.3 is 0 Å². The molecular weight excluding hydrogens is 2050 g/mol. The molecule has 8 N–H and O–H groups in total. The van der Waals surface area contributed by atoms with Gasteiger partial charge in [0.1, 0.15) is 84.0 Å². The molecule has 4 fully saturated rings. The molecule has 4 aliphatic rings. The number of likely N-dealkylation sites (N-methyl/N-ethyl adjacent to an activating group) is 2. The number of piperazine rings is 1. The summed E-state index contributed by atoms with van der Waals surface area (Å²) in [5, 5.41) is 28.7. The summed E-state index contributed by atoms with van der Waals surface area (Å²) in [6.07, 6.45) is 11.8. The summed E-state index contributed by atoms with van der Waals surface area (Å²) in [7, 11) is -1.17. The van der Waals surface area contributed by atoms with Gasteiger partial charge in [-0.3, -0.25) is 0 Å². The van der Waals surface area contributed by atoms with E-state index < -0.39 is 43.7 Å². The number of aromatic nitrogens is 8. The molecule has 0 atom stereocenters. The second-order valence-corrected chi connectivity index (χ2v) is 53.9. The van der Waals surface area contributed by atoms with Gasteiger partial charge in [0, 0.05) is 128 Å². The van der Waals surface area contributed by atoms with Gasteiger partial charge in [-0.15, -0.1) is 0 Å². The minimum atomic E-state index is -3.50. The van der Waals surface area contributed by atoms with Crippen molar-refractivity contribution in [1.82, 2.24) is 54.6 Å². The molecule has 0 radical (unpaired) electrons. The molecule has 43 heteroatoms. The molecule has 0 bridgehead atoms. The smallest absolute Gasteiger partial charge is 0.229 e. The fraction of sp³-hybridized carbons (Fsp3) is 0.360. The normalized spacial score (nSPS) is 14.7. The average molecular weight is 2170 g/mol. The van der Waals surface area contributed by atoms with Crippen LogP contribution in [0.5, 0.6) is 28.7 Å². The number of hydrogen-bond donors (Lipinski definition) is 8. The summed E-state index contributed by atoms with van der Waals surface area (Å²) in [5.74, 6) is 5.38. The van der Waals surface area contributed by atoms with Crippen LogP contribution in [0.25, 0.3) is 0 Å². The Morgan fingerprint density at radius 2 is 0.748 bits per heavy atom. The SMILES string of the molecule is COc1cc(N2CCC(N3CCCC3)CC2)c(F)cc1Nc1ncc(Cl)c(Nc2ccccc2P(C)(C)=O)n1.COc1cc(N2CCCN(C)CC2)ccc1Nc1ncc(Cl)c(Nc2ccccc2P(C)(C)=O)n1.COc1cc(N2CCN(C)CC2)ccc1Nc1ncc(Cl)c(Nc2ccc(P(C)(C)=O)cc2OC)n1.COc1cc(P(C)(C)=O)ccc1Nc1ncc(Br)c(Nc2ccccc2S(=O)(=O)C(C)C)n1. The Kier molecular flexibility index (Phi) is 37.2. The summed E-state index contributed by atoms with van der Waals surface area (Å²) < 4.78 is 120. The van der Waals surface area contributed by atoms with E-state index in [-0.39, 0.29) is 22.6 Å².